The maximum absolute atomic E-state index is 13.5. The van der Waals surface area contributed by atoms with Crippen molar-refractivity contribution < 1.29 is 5.11 Å². The maximum Gasteiger partial charge on any atom is 0.258 e. The average Bonchev–Trinajstić information content (AvgIpc) is 2.94. The van der Waals surface area contributed by atoms with E-state index in [-0.39, 0.29) is 15.3 Å². The summed E-state index contributed by atoms with van der Waals surface area (Å²) in [5.74, 6) is 0.302. The minimum atomic E-state index is -0.750. The zero-order valence-electron chi connectivity index (χ0n) is 20.5. The Morgan fingerprint density at radius 2 is 1.10 bits per heavy atom. The molecule has 2 aromatic heterocycles. The minimum absolute atomic E-state index is 0.0797. The number of phenols is 1. The van der Waals surface area contributed by atoms with Crippen LogP contribution < -0.4 is 16.4 Å². The summed E-state index contributed by atoms with van der Waals surface area (Å²) in [5, 5.41) is 13.4. The Morgan fingerprint density at radius 3 is 1.54 bits per heavy atom. The van der Waals surface area contributed by atoms with E-state index in [1.165, 1.54) is 12.1 Å². The number of aromatic nitrogens is 4. The molecule has 1 aliphatic rings. The molecule has 0 amide bonds. The molecular formula is C29H23N5O3S2. The lowest BCUT2D eigenvalue weighted by Crippen LogP contribution is -2.35. The second-order valence-electron chi connectivity index (χ2n) is 9.34. The van der Waals surface area contributed by atoms with Gasteiger partial charge < -0.3 is 10.4 Å². The molecule has 0 fully saturated rings. The van der Waals surface area contributed by atoms with Gasteiger partial charge >= 0.3 is 0 Å². The van der Waals surface area contributed by atoms with Crippen LogP contribution in [-0.2, 0) is 13.1 Å². The van der Waals surface area contributed by atoms with Crippen LogP contribution in [0.2, 0.25) is 0 Å². The zero-order chi connectivity index (χ0) is 27.1. The van der Waals surface area contributed by atoms with E-state index in [9.17, 15) is 14.7 Å². The third kappa shape index (κ3) is 4.53. The molecule has 0 saturated heterocycles. The molecule has 5 aromatic rings. The van der Waals surface area contributed by atoms with E-state index >= 15 is 0 Å². The first-order valence-electron chi connectivity index (χ1n) is 12.3. The molecular weight excluding hydrogens is 530 g/mol. The van der Waals surface area contributed by atoms with Crippen LogP contribution in [0.4, 0.5) is 11.6 Å². The van der Waals surface area contributed by atoms with Crippen LogP contribution in [0.3, 0.4) is 0 Å². The predicted molar refractivity (Wildman–Crippen MR) is 155 cm³/mol. The molecule has 194 valence electrons. The van der Waals surface area contributed by atoms with Crippen LogP contribution in [0.1, 0.15) is 33.7 Å². The first-order valence-corrected chi connectivity index (χ1v) is 13.1. The topological polar surface area (TPSA) is 108 Å². The smallest absolute Gasteiger partial charge is 0.258 e. The summed E-state index contributed by atoms with van der Waals surface area (Å²) in [7, 11) is 0. The first-order chi connectivity index (χ1) is 18.9. The molecule has 0 spiro atoms. The van der Waals surface area contributed by atoms with Gasteiger partial charge in [-0.15, -0.1) is 0 Å². The normalized spacial score (nSPS) is 12.4. The Bertz CT molecular complexity index is 1810. The fourth-order valence-corrected chi connectivity index (χ4v) is 5.57. The molecule has 3 aromatic carbocycles. The van der Waals surface area contributed by atoms with Crippen LogP contribution in [0.25, 0.3) is 0 Å². The predicted octanol–water partition coefficient (Wildman–Crippen LogP) is 5.16. The van der Waals surface area contributed by atoms with Crippen molar-refractivity contribution in [3.05, 3.63) is 143 Å². The van der Waals surface area contributed by atoms with Gasteiger partial charge in [-0.25, -0.2) is 0 Å². The SMILES string of the molecule is O=c1[nH]c(=S)n(Cc2ccccc2)c2c1C(c1ccc(O)cc1)c1c(n(Cc3ccccc3)c(=S)[nH]c1=O)N2. The average molecular weight is 554 g/mol. The highest BCUT2D eigenvalue weighted by atomic mass is 32.1. The summed E-state index contributed by atoms with van der Waals surface area (Å²) in [5.41, 5.74) is 2.56. The second kappa shape index (κ2) is 9.97. The van der Waals surface area contributed by atoms with Crippen LogP contribution >= 0.6 is 24.4 Å². The fourth-order valence-electron chi connectivity index (χ4n) is 5.07. The summed E-state index contributed by atoms with van der Waals surface area (Å²) in [4.78, 5) is 32.7. The largest absolute Gasteiger partial charge is 0.508 e. The third-order valence-electron chi connectivity index (χ3n) is 6.88. The van der Waals surface area contributed by atoms with Gasteiger partial charge in [0.25, 0.3) is 11.1 Å². The van der Waals surface area contributed by atoms with Gasteiger partial charge in [-0.2, -0.15) is 0 Å². The number of rotatable bonds is 5. The molecule has 6 rings (SSSR count). The number of aromatic hydroxyl groups is 1. The van der Waals surface area contributed by atoms with Gasteiger partial charge in [0.15, 0.2) is 9.54 Å². The molecule has 8 nitrogen and oxygen atoms in total. The quantitative estimate of drug-likeness (QED) is 0.220. The molecule has 3 heterocycles. The molecule has 0 saturated carbocycles. The van der Waals surface area contributed by atoms with Gasteiger partial charge in [0.1, 0.15) is 17.4 Å². The fraction of sp³-hybridized carbons (Fsp3) is 0.103. The summed E-state index contributed by atoms with van der Waals surface area (Å²) in [6.45, 7) is 0.790. The Hall–Kier alpha value is -4.54. The van der Waals surface area contributed by atoms with Gasteiger partial charge in [-0.3, -0.25) is 28.7 Å². The van der Waals surface area contributed by atoms with Crippen LogP contribution in [0.5, 0.6) is 5.75 Å². The number of anilines is 2. The number of benzene rings is 3. The third-order valence-corrected chi connectivity index (χ3v) is 7.52. The monoisotopic (exact) mass is 553 g/mol. The van der Waals surface area contributed by atoms with E-state index in [2.05, 4.69) is 15.3 Å². The number of hydrogen-bond donors (Lipinski definition) is 4. The zero-order valence-corrected chi connectivity index (χ0v) is 22.2. The molecule has 0 radical (unpaired) electrons. The van der Waals surface area contributed by atoms with Crippen LogP contribution in [-0.4, -0.2) is 24.2 Å². The number of fused-ring (bicyclic) bond motifs is 2. The number of phenolic OH excluding ortho intramolecular Hbond substituents is 1. The van der Waals surface area contributed by atoms with Gasteiger partial charge in [-0.1, -0.05) is 72.8 Å². The van der Waals surface area contributed by atoms with Gasteiger partial charge in [-0.05, 0) is 53.3 Å². The number of aromatic amines is 2. The van der Waals surface area contributed by atoms with E-state index in [0.717, 1.165) is 11.1 Å². The van der Waals surface area contributed by atoms with E-state index < -0.39 is 17.0 Å². The van der Waals surface area contributed by atoms with Crippen molar-refractivity contribution in [3.63, 3.8) is 0 Å². The van der Waals surface area contributed by atoms with E-state index in [0.29, 0.717) is 41.4 Å². The molecule has 0 bridgehead atoms. The Balaban J connectivity index is 1.65. The number of H-pyrrole nitrogens is 2. The number of nitrogens with zero attached hydrogens (tertiary/aromatic N) is 2. The highest BCUT2D eigenvalue weighted by molar-refractivity contribution is 7.71. The Morgan fingerprint density at radius 1 is 0.667 bits per heavy atom. The van der Waals surface area contributed by atoms with Crippen LogP contribution in [0, 0.1) is 9.54 Å². The molecule has 10 heteroatoms. The number of nitrogens with one attached hydrogen (secondary N) is 3. The lowest BCUT2D eigenvalue weighted by atomic mass is 9.84. The molecule has 39 heavy (non-hydrogen) atoms. The second-order valence-corrected chi connectivity index (χ2v) is 10.1. The van der Waals surface area contributed by atoms with Crippen LogP contribution in [0.15, 0.2) is 94.5 Å². The van der Waals surface area contributed by atoms with Crippen molar-refractivity contribution in [1.82, 2.24) is 19.1 Å². The van der Waals surface area contributed by atoms with Crippen molar-refractivity contribution in [2.75, 3.05) is 5.32 Å². The summed E-state index contributed by atoms with van der Waals surface area (Å²) in [6.07, 6.45) is 0. The van der Waals surface area contributed by atoms with Gasteiger partial charge in [0.05, 0.1) is 30.1 Å². The van der Waals surface area contributed by atoms with Gasteiger partial charge in [0, 0.05) is 0 Å². The van der Waals surface area contributed by atoms with Gasteiger partial charge in [0.2, 0.25) is 0 Å². The lowest BCUT2D eigenvalue weighted by molar-refractivity contribution is 0.475. The molecule has 1 aliphatic heterocycles. The standard InChI is InChI=1S/C29H23N5O3S2/c35-20-13-11-19(12-14-20)21-22-24(33(28(38)31-26(22)36)15-17-7-3-1-4-8-17)30-25-23(21)27(37)32-29(39)34(25)16-18-9-5-2-6-10-18/h1-14,21,30,35H,15-16H2,(H,31,36,38)(H,32,37,39). The minimum Gasteiger partial charge on any atom is -0.508 e. The Labute approximate surface area is 232 Å². The highest BCUT2D eigenvalue weighted by Crippen LogP contribution is 2.42. The maximum atomic E-state index is 13.5. The molecule has 0 aliphatic carbocycles. The van der Waals surface area contributed by atoms with Crippen molar-refractivity contribution in [1.29, 1.82) is 0 Å². The molecule has 0 unspecified atom stereocenters. The molecule has 0 atom stereocenters. The number of hydrogen-bond acceptors (Lipinski definition) is 6. The van der Waals surface area contributed by atoms with Crippen molar-refractivity contribution in [2.45, 2.75) is 19.0 Å². The Kier molecular flexibility index (Phi) is 6.34. The molecule has 4 N–H and O–H groups in total. The summed E-state index contributed by atoms with van der Waals surface area (Å²) in [6, 6.07) is 26.1. The van der Waals surface area contributed by atoms with E-state index in [4.69, 9.17) is 24.4 Å². The summed E-state index contributed by atoms with van der Waals surface area (Å²) >= 11 is 11.2. The first kappa shape index (κ1) is 24.8. The van der Waals surface area contributed by atoms with Crippen molar-refractivity contribution in [3.8, 4) is 5.75 Å². The van der Waals surface area contributed by atoms with E-state index in [1.807, 2.05) is 69.8 Å². The van der Waals surface area contributed by atoms with E-state index in [1.54, 1.807) is 12.1 Å². The van der Waals surface area contributed by atoms with Crippen molar-refractivity contribution in [2.24, 2.45) is 0 Å². The highest BCUT2D eigenvalue weighted by Gasteiger charge is 2.36. The summed E-state index contributed by atoms with van der Waals surface area (Å²) < 4.78 is 4.16. The lowest BCUT2D eigenvalue weighted by Gasteiger charge is -2.32. The van der Waals surface area contributed by atoms with Crippen molar-refractivity contribution >= 4 is 36.1 Å².